The van der Waals surface area contributed by atoms with Crippen molar-refractivity contribution < 1.29 is 9.47 Å². The van der Waals surface area contributed by atoms with E-state index in [9.17, 15) is 0 Å². The number of hydrogen-bond acceptors (Lipinski definition) is 4. The Labute approximate surface area is 190 Å². The van der Waals surface area contributed by atoms with Crippen LogP contribution >= 0.6 is 24.0 Å². The Hall–Kier alpha value is -1.09. The predicted molar refractivity (Wildman–Crippen MR) is 124 cm³/mol. The van der Waals surface area contributed by atoms with Crippen LogP contribution in [0.15, 0.2) is 23.3 Å². The van der Waals surface area contributed by atoms with Gasteiger partial charge in [0.1, 0.15) is 6.10 Å². The summed E-state index contributed by atoms with van der Waals surface area (Å²) < 4.78 is 12.2. The molecule has 4 unspecified atom stereocenters. The van der Waals surface area contributed by atoms with E-state index >= 15 is 0 Å². The zero-order valence-corrected chi connectivity index (χ0v) is 19.6. The maximum absolute atomic E-state index is 6.12. The van der Waals surface area contributed by atoms with Crippen molar-refractivity contribution in [1.29, 1.82) is 0 Å². The zero-order chi connectivity index (χ0) is 18.9. The van der Waals surface area contributed by atoms with Crippen molar-refractivity contribution in [3.8, 4) is 5.88 Å². The summed E-state index contributed by atoms with van der Waals surface area (Å²) in [7, 11) is 1.88. The number of rotatable bonds is 4. The number of hydrogen-bond donors (Lipinski definition) is 1. The van der Waals surface area contributed by atoms with E-state index in [0.29, 0.717) is 30.1 Å². The maximum Gasteiger partial charge on any atom is 0.213 e. The summed E-state index contributed by atoms with van der Waals surface area (Å²) in [6.45, 7) is 2.88. The van der Waals surface area contributed by atoms with Crippen molar-refractivity contribution in [2.24, 2.45) is 16.8 Å². The summed E-state index contributed by atoms with van der Waals surface area (Å²) in [4.78, 5) is 11.4. The number of ether oxygens (including phenoxy) is 2. The molecule has 1 saturated carbocycles. The Morgan fingerprint density at radius 2 is 1.90 bits per heavy atom. The zero-order valence-electron chi connectivity index (χ0n) is 17.3. The molecule has 4 fully saturated rings. The molecule has 1 aliphatic carbocycles. The molecule has 4 atom stereocenters. The van der Waals surface area contributed by atoms with E-state index in [1.807, 2.05) is 13.2 Å². The normalized spacial score (nSPS) is 31.5. The minimum Gasteiger partial charge on any atom is -0.474 e. The smallest absolute Gasteiger partial charge is 0.213 e. The van der Waals surface area contributed by atoms with E-state index in [2.05, 4.69) is 32.3 Å². The van der Waals surface area contributed by atoms with Crippen molar-refractivity contribution in [3.63, 3.8) is 0 Å². The first-order chi connectivity index (χ1) is 13.8. The van der Waals surface area contributed by atoms with E-state index in [1.54, 1.807) is 0 Å². The van der Waals surface area contributed by atoms with Gasteiger partial charge < -0.3 is 19.7 Å². The first kappa shape index (κ1) is 21.2. The van der Waals surface area contributed by atoms with E-state index in [1.165, 1.54) is 37.7 Å². The monoisotopic (exact) mass is 512 g/mol. The highest BCUT2D eigenvalue weighted by atomic mass is 127. The molecule has 0 spiro atoms. The molecule has 0 aromatic carbocycles. The van der Waals surface area contributed by atoms with Crippen molar-refractivity contribution in [2.45, 2.75) is 69.8 Å². The summed E-state index contributed by atoms with van der Waals surface area (Å²) >= 11 is 0. The van der Waals surface area contributed by atoms with Crippen LogP contribution in [0.3, 0.4) is 0 Å². The molecule has 7 heteroatoms. The summed E-state index contributed by atoms with van der Waals surface area (Å²) in [5.41, 5.74) is 1.18. The highest BCUT2D eigenvalue weighted by Gasteiger charge is 2.53. The largest absolute Gasteiger partial charge is 0.474 e. The second-order valence-electron chi connectivity index (χ2n) is 8.80. The first-order valence-corrected chi connectivity index (χ1v) is 11.0. The van der Waals surface area contributed by atoms with Gasteiger partial charge in [-0.3, -0.25) is 4.99 Å². The fraction of sp³-hybridized carbons (Fsp3) is 0.727. The lowest BCUT2D eigenvalue weighted by atomic mass is 9.82. The summed E-state index contributed by atoms with van der Waals surface area (Å²) in [5.74, 6) is 3.13. The number of guanidine groups is 1. The van der Waals surface area contributed by atoms with Crippen LogP contribution in [0.5, 0.6) is 5.88 Å². The van der Waals surface area contributed by atoms with E-state index in [0.717, 1.165) is 44.3 Å². The van der Waals surface area contributed by atoms with E-state index in [4.69, 9.17) is 9.47 Å². The molecular weight excluding hydrogens is 479 g/mol. The average molecular weight is 512 g/mol. The van der Waals surface area contributed by atoms with Crippen LogP contribution in [0.2, 0.25) is 0 Å². The third-order valence-corrected chi connectivity index (χ3v) is 7.05. The van der Waals surface area contributed by atoms with Crippen LogP contribution in [0.25, 0.3) is 0 Å². The molecule has 4 heterocycles. The molecule has 160 valence electrons. The molecule has 1 N–H and O–H groups in total. The lowest BCUT2D eigenvalue weighted by molar-refractivity contribution is 0.0767. The van der Waals surface area contributed by atoms with Crippen molar-refractivity contribution >= 4 is 29.9 Å². The van der Waals surface area contributed by atoms with Crippen LogP contribution in [-0.2, 0) is 11.3 Å². The topological polar surface area (TPSA) is 59.0 Å². The van der Waals surface area contributed by atoms with Crippen LogP contribution in [-0.4, -0.2) is 54.3 Å². The van der Waals surface area contributed by atoms with Gasteiger partial charge in [0.15, 0.2) is 5.96 Å². The van der Waals surface area contributed by atoms with Gasteiger partial charge in [-0.25, -0.2) is 4.98 Å². The molecule has 5 rings (SSSR count). The molecule has 29 heavy (non-hydrogen) atoms. The SMILES string of the molecule is CN=C(NCc1ccnc(OC2CCCCC2)c1)N1CC2C3CCC(O3)C2C1.I. The highest BCUT2D eigenvalue weighted by molar-refractivity contribution is 14.0. The van der Waals surface area contributed by atoms with Crippen LogP contribution in [0.4, 0.5) is 0 Å². The maximum atomic E-state index is 6.12. The number of nitrogens with one attached hydrogen (secondary N) is 1. The minimum absolute atomic E-state index is 0. The Morgan fingerprint density at radius 1 is 1.17 bits per heavy atom. The lowest BCUT2D eigenvalue weighted by Crippen LogP contribution is -2.41. The summed E-state index contributed by atoms with van der Waals surface area (Å²) in [6.07, 6.45) is 11.8. The number of fused-ring (bicyclic) bond motifs is 5. The second kappa shape index (κ2) is 9.37. The van der Waals surface area contributed by atoms with E-state index < -0.39 is 0 Å². The highest BCUT2D eigenvalue weighted by Crippen LogP contribution is 2.47. The van der Waals surface area contributed by atoms with Crippen LogP contribution in [0.1, 0.15) is 50.5 Å². The number of aliphatic imine (C=N–C) groups is 1. The number of halogens is 1. The summed E-state index contributed by atoms with van der Waals surface area (Å²) in [6, 6.07) is 4.13. The Kier molecular flexibility index (Phi) is 6.83. The Bertz CT molecular complexity index is 707. The fourth-order valence-electron chi connectivity index (χ4n) is 5.62. The number of pyridine rings is 1. The molecule has 1 aromatic heterocycles. The van der Waals surface area contributed by atoms with Crippen LogP contribution in [0, 0.1) is 11.8 Å². The Morgan fingerprint density at radius 3 is 2.59 bits per heavy atom. The molecule has 0 amide bonds. The van der Waals surface area contributed by atoms with Gasteiger partial charge in [-0.2, -0.15) is 0 Å². The third kappa shape index (κ3) is 4.50. The molecule has 3 saturated heterocycles. The fourth-order valence-corrected chi connectivity index (χ4v) is 5.62. The van der Waals surface area contributed by atoms with Gasteiger partial charge in [-0.1, -0.05) is 6.42 Å². The van der Waals surface area contributed by atoms with E-state index in [-0.39, 0.29) is 24.0 Å². The van der Waals surface area contributed by atoms with Crippen molar-refractivity contribution in [2.75, 3.05) is 20.1 Å². The average Bonchev–Trinajstić information content (AvgIpc) is 3.43. The predicted octanol–water partition coefficient (Wildman–Crippen LogP) is 3.60. The standard InChI is InChI=1S/C22H32N4O2.HI/c1-23-22(26-13-17-18(14-26)20-8-7-19(17)28-20)25-12-15-9-10-24-21(11-15)27-16-5-3-2-4-6-16;/h9-11,16-20H,2-8,12-14H2,1H3,(H,23,25);1H. The Balaban J connectivity index is 0.00000205. The van der Waals surface area contributed by atoms with Gasteiger partial charge in [0.2, 0.25) is 5.88 Å². The molecule has 4 aliphatic rings. The first-order valence-electron chi connectivity index (χ1n) is 11.0. The molecule has 0 radical (unpaired) electrons. The second-order valence-corrected chi connectivity index (χ2v) is 8.80. The van der Waals surface area contributed by atoms with Gasteiger partial charge in [0.05, 0.1) is 12.2 Å². The third-order valence-electron chi connectivity index (χ3n) is 7.05. The number of likely N-dealkylation sites (tertiary alicyclic amines) is 1. The molecule has 1 aromatic rings. The molecule has 6 nitrogen and oxygen atoms in total. The van der Waals surface area contributed by atoms with Gasteiger partial charge in [-0.05, 0) is 50.2 Å². The van der Waals surface area contributed by atoms with Gasteiger partial charge in [-0.15, -0.1) is 24.0 Å². The molecule has 2 bridgehead atoms. The number of nitrogens with zero attached hydrogens (tertiary/aromatic N) is 3. The van der Waals surface area contributed by atoms with Gasteiger partial charge in [0.25, 0.3) is 0 Å². The summed E-state index contributed by atoms with van der Waals surface area (Å²) in [5, 5.41) is 3.55. The number of aromatic nitrogens is 1. The van der Waals surface area contributed by atoms with Gasteiger partial charge in [0, 0.05) is 50.8 Å². The van der Waals surface area contributed by atoms with Crippen molar-refractivity contribution in [1.82, 2.24) is 15.2 Å². The lowest BCUT2D eigenvalue weighted by Gasteiger charge is -2.24. The molecular formula is C22H33IN4O2. The van der Waals surface area contributed by atoms with Gasteiger partial charge >= 0.3 is 0 Å². The van der Waals surface area contributed by atoms with Crippen molar-refractivity contribution in [3.05, 3.63) is 23.9 Å². The minimum atomic E-state index is 0. The quantitative estimate of drug-likeness (QED) is 0.380. The molecule has 3 aliphatic heterocycles. The van der Waals surface area contributed by atoms with Crippen LogP contribution < -0.4 is 10.1 Å².